The minimum atomic E-state index is -4.88. The predicted octanol–water partition coefficient (Wildman–Crippen LogP) is 5.52. The van der Waals surface area contributed by atoms with E-state index >= 15 is 0 Å². The molecule has 0 saturated heterocycles. The van der Waals surface area contributed by atoms with Gasteiger partial charge in [0.05, 0.1) is 9.13 Å². The summed E-state index contributed by atoms with van der Waals surface area (Å²) in [5.41, 5.74) is -1.47. The van der Waals surface area contributed by atoms with Crippen molar-refractivity contribution in [2.45, 2.75) is 6.18 Å². The van der Waals surface area contributed by atoms with Gasteiger partial charge in [-0.25, -0.2) is 13.2 Å². The predicted molar refractivity (Wildman–Crippen MR) is 70.6 cm³/mol. The lowest BCUT2D eigenvalue weighted by molar-refractivity contribution is -0.138. The fourth-order valence-electron chi connectivity index (χ4n) is 1.49. The molecular formula is C13H5F6IO. The minimum absolute atomic E-state index is 0.0474. The van der Waals surface area contributed by atoms with Gasteiger partial charge in [-0.15, -0.1) is 0 Å². The summed E-state index contributed by atoms with van der Waals surface area (Å²) in [5, 5.41) is 0. The summed E-state index contributed by atoms with van der Waals surface area (Å²) in [5.74, 6) is -4.95. The Morgan fingerprint density at radius 3 is 2.00 bits per heavy atom. The number of benzene rings is 2. The van der Waals surface area contributed by atoms with Crippen LogP contribution in [0.1, 0.15) is 5.56 Å². The molecule has 0 heterocycles. The average molecular weight is 418 g/mol. The molecule has 0 atom stereocenters. The van der Waals surface area contributed by atoms with Gasteiger partial charge in [-0.2, -0.15) is 13.2 Å². The summed E-state index contributed by atoms with van der Waals surface area (Å²) < 4.78 is 82.5. The van der Waals surface area contributed by atoms with Crippen molar-refractivity contribution in [1.29, 1.82) is 0 Å². The third kappa shape index (κ3) is 3.42. The fraction of sp³-hybridized carbons (Fsp3) is 0.0769. The molecule has 0 amide bonds. The van der Waals surface area contributed by atoms with Crippen LogP contribution in [0.2, 0.25) is 0 Å². The smallest absolute Gasteiger partial charge is 0.416 e. The molecule has 2 rings (SSSR count). The second-order valence-corrected chi connectivity index (χ2v) is 5.00. The second-order valence-electron chi connectivity index (χ2n) is 3.92. The molecule has 0 bridgehead atoms. The molecule has 0 aromatic heterocycles. The van der Waals surface area contributed by atoms with Crippen LogP contribution in [0, 0.1) is 21.0 Å². The number of ether oxygens (including phenoxy) is 1. The van der Waals surface area contributed by atoms with Crippen LogP contribution in [0.3, 0.4) is 0 Å². The molecule has 1 nitrogen and oxygen atoms in total. The summed E-state index contributed by atoms with van der Waals surface area (Å²) in [4.78, 5) is 0. The molecule has 0 radical (unpaired) electrons. The van der Waals surface area contributed by atoms with E-state index in [1.165, 1.54) is 12.1 Å². The van der Waals surface area contributed by atoms with Gasteiger partial charge in [0, 0.05) is 0 Å². The van der Waals surface area contributed by atoms with Crippen molar-refractivity contribution in [3.8, 4) is 11.5 Å². The second kappa shape index (κ2) is 5.74. The molecule has 0 saturated carbocycles. The van der Waals surface area contributed by atoms with E-state index in [0.717, 1.165) is 6.07 Å². The van der Waals surface area contributed by atoms with Gasteiger partial charge in [0.15, 0.2) is 17.4 Å². The molecule has 2 aromatic rings. The Hall–Kier alpha value is -1.45. The van der Waals surface area contributed by atoms with Crippen LogP contribution >= 0.6 is 22.6 Å². The maximum Gasteiger partial charge on any atom is 0.416 e. The number of rotatable bonds is 2. The van der Waals surface area contributed by atoms with Gasteiger partial charge in [0.2, 0.25) is 0 Å². The SMILES string of the molecule is Fc1cccc(Oc2c(F)cc(C(F)(F)F)cc2F)c1I. The van der Waals surface area contributed by atoms with Gasteiger partial charge in [-0.3, -0.25) is 0 Å². The Bertz CT molecular complexity index is 660. The van der Waals surface area contributed by atoms with Crippen molar-refractivity contribution in [2.24, 2.45) is 0 Å². The Labute approximate surface area is 128 Å². The molecule has 21 heavy (non-hydrogen) atoms. The minimum Gasteiger partial charge on any atom is -0.450 e. The molecule has 2 aromatic carbocycles. The number of halogens is 7. The average Bonchev–Trinajstić information content (AvgIpc) is 2.37. The lowest BCUT2D eigenvalue weighted by atomic mass is 10.2. The van der Waals surface area contributed by atoms with Crippen molar-refractivity contribution < 1.29 is 31.1 Å². The van der Waals surface area contributed by atoms with Gasteiger partial charge in [0.1, 0.15) is 11.6 Å². The summed E-state index contributed by atoms with van der Waals surface area (Å²) in [6.07, 6.45) is -4.88. The zero-order chi connectivity index (χ0) is 15.8. The molecule has 0 fully saturated rings. The van der Waals surface area contributed by atoms with E-state index < -0.39 is 34.9 Å². The zero-order valence-electron chi connectivity index (χ0n) is 9.94. The van der Waals surface area contributed by atoms with Crippen LogP contribution < -0.4 is 4.74 Å². The lowest BCUT2D eigenvalue weighted by Gasteiger charge is -2.12. The summed E-state index contributed by atoms with van der Waals surface area (Å²) in [6.45, 7) is 0. The first-order valence-corrected chi connectivity index (χ1v) is 6.46. The van der Waals surface area contributed by atoms with Gasteiger partial charge in [0.25, 0.3) is 0 Å². The van der Waals surface area contributed by atoms with Crippen molar-refractivity contribution in [3.63, 3.8) is 0 Å². The molecule has 0 aliphatic rings. The van der Waals surface area contributed by atoms with Gasteiger partial charge >= 0.3 is 6.18 Å². The van der Waals surface area contributed by atoms with Crippen molar-refractivity contribution in [1.82, 2.24) is 0 Å². The fourth-order valence-corrected chi connectivity index (χ4v) is 1.96. The quantitative estimate of drug-likeness (QED) is 0.461. The molecule has 112 valence electrons. The Morgan fingerprint density at radius 2 is 1.48 bits per heavy atom. The number of alkyl halides is 3. The third-order valence-corrected chi connectivity index (χ3v) is 3.50. The van der Waals surface area contributed by atoms with Crippen LogP contribution in [0.25, 0.3) is 0 Å². The Morgan fingerprint density at radius 1 is 0.905 bits per heavy atom. The van der Waals surface area contributed by atoms with Gasteiger partial charge in [-0.05, 0) is 46.9 Å². The standard InChI is InChI=1S/C13H5F6IO/c14-7-2-1-3-10(11(7)20)21-12-8(15)4-6(5-9(12)16)13(17,18)19/h1-5H. The summed E-state index contributed by atoms with van der Waals surface area (Å²) >= 11 is 1.55. The largest absolute Gasteiger partial charge is 0.450 e. The monoisotopic (exact) mass is 418 g/mol. The van der Waals surface area contributed by atoms with Crippen LogP contribution in [-0.2, 0) is 6.18 Å². The molecular weight excluding hydrogens is 413 g/mol. The van der Waals surface area contributed by atoms with Crippen molar-refractivity contribution in [2.75, 3.05) is 0 Å². The molecule has 0 unspecified atom stereocenters. The maximum absolute atomic E-state index is 13.6. The zero-order valence-corrected chi connectivity index (χ0v) is 12.1. The van der Waals surface area contributed by atoms with E-state index in [1.807, 2.05) is 0 Å². The van der Waals surface area contributed by atoms with E-state index in [-0.39, 0.29) is 21.5 Å². The van der Waals surface area contributed by atoms with Crippen LogP contribution in [0.5, 0.6) is 11.5 Å². The summed E-state index contributed by atoms with van der Waals surface area (Å²) in [7, 11) is 0. The Balaban J connectivity index is 2.44. The van der Waals surface area contributed by atoms with Gasteiger partial charge in [-0.1, -0.05) is 6.07 Å². The van der Waals surface area contributed by atoms with Crippen molar-refractivity contribution >= 4 is 22.6 Å². The maximum atomic E-state index is 13.6. The first-order chi connectivity index (χ1) is 9.70. The molecule has 0 N–H and O–H groups in total. The van der Waals surface area contributed by atoms with E-state index in [1.54, 1.807) is 22.6 Å². The molecule has 0 aliphatic heterocycles. The number of hydrogen-bond acceptors (Lipinski definition) is 1. The van der Waals surface area contributed by atoms with Crippen LogP contribution in [0.4, 0.5) is 26.3 Å². The first-order valence-electron chi connectivity index (χ1n) is 5.38. The number of hydrogen-bond donors (Lipinski definition) is 0. The Kier molecular flexibility index (Phi) is 4.35. The van der Waals surface area contributed by atoms with E-state index in [2.05, 4.69) is 0 Å². The highest BCUT2D eigenvalue weighted by Crippen LogP contribution is 2.36. The molecule has 0 spiro atoms. The summed E-state index contributed by atoms with van der Waals surface area (Å²) in [6, 6.07) is 3.82. The van der Waals surface area contributed by atoms with E-state index in [0.29, 0.717) is 0 Å². The highest BCUT2D eigenvalue weighted by molar-refractivity contribution is 14.1. The third-order valence-electron chi connectivity index (χ3n) is 2.45. The van der Waals surface area contributed by atoms with Crippen molar-refractivity contribution in [3.05, 3.63) is 56.9 Å². The van der Waals surface area contributed by atoms with Crippen LogP contribution in [-0.4, -0.2) is 0 Å². The van der Waals surface area contributed by atoms with Crippen LogP contribution in [0.15, 0.2) is 30.3 Å². The van der Waals surface area contributed by atoms with E-state index in [9.17, 15) is 26.3 Å². The highest BCUT2D eigenvalue weighted by atomic mass is 127. The van der Waals surface area contributed by atoms with Gasteiger partial charge < -0.3 is 4.74 Å². The molecule has 8 heteroatoms. The lowest BCUT2D eigenvalue weighted by Crippen LogP contribution is -2.07. The normalized spacial score (nSPS) is 11.6. The van der Waals surface area contributed by atoms with E-state index in [4.69, 9.17) is 4.74 Å². The highest BCUT2D eigenvalue weighted by Gasteiger charge is 2.33. The topological polar surface area (TPSA) is 9.23 Å². The first kappa shape index (κ1) is 15.9. The molecule has 0 aliphatic carbocycles.